The maximum atomic E-state index is 13.8. The molecule has 0 aliphatic carbocycles. The van der Waals surface area contributed by atoms with Gasteiger partial charge in [-0.15, -0.1) is 12.6 Å². The Balaban J connectivity index is 0.000000622. The number of anilines is 2. The second-order valence-electron chi connectivity index (χ2n) is 9.50. The van der Waals surface area contributed by atoms with Gasteiger partial charge in [-0.25, -0.2) is 13.8 Å². The molecule has 0 bridgehead atoms. The van der Waals surface area contributed by atoms with Gasteiger partial charge in [0, 0.05) is 31.6 Å². The third-order valence-corrected chi connectivity index (χ3v) is 5.69. The van der Waals surface area contributed by atoms with Gasteiger partial charge in [0.05, 0.1) is 5.56 Å². The molecule has 1 aliphatic heterocycles. The van der Waals surface area contributed by atoms with Gasteiger partial charge in [-0.1, -0.05) is 11.8 Å². The number of carbonyl (C=O) groups is 2. The quantitative estimate of drug-likeness (QED) is 0.164. The zero-order chi connectivity index (χ0) is 27.5. The van der Waals surface area contributed by atoms with E-state index in [1.807, 2.05) is 11.0 Å². The number of thiol groups is 1. The van der Waals surface area contributed by atoms with Crippen molar-refractivity contribution >= 4 is 37.0 Å². The predicted molar refractivity (Wildman–Crippen MR) is 144 cm³/mol. The fourth-order valence-corrected chi connectivity index (χ4v) is 3.63. The number of amides is 2. The number of aromatic nitrogens is 1. The molecule has 0 saturated carbocycles. The minimum Gasteiger partial charge on any atom is -0.813 e. The summed E-state index contributed by atoms with van der Waals surface area (Å²) >= 11 is 1.23. The van der Waals surface area contributed by atoms with Crippen LogP contribution in [-0.2, 0) is 43.1 Å². The first kappa shape index (κ1) is 33.5. The Hall–Kier alpha value is -2.50. The number of ether oxygens (including phenoxy) is 1. The second kappa shape index (κ2) is 15.8. The standard InChI is InChI=1S/C22H24F2N3O.C5H9NO2.Os.H2S/c1-2-3-8-18-11-12-19(21(28)26-17-9-5-4-6-10-17)20(25-18)27-15-7-13-22(23,24)14-16-27;1-5(2,3)8-4(6)7;;/h2,4-5,9-12H,1,3,7-8,13-16H2,(H,26,28);1-3H3;;1H2/q-1;;;/p-1. The first-order valence-electron chi connectivity index (χ1n) is 12.0. The Morgan fingerprint density at radius 2 is 2.03 bits per heavy atom. The van der Waals surface area contributed by atoms with E-state index in [1.165, 1.54) is 18.4 Å². The van der Waals surface area contributed by atoms with Gasteiger partial charge in [-0.3, -0.25) is 4.79 Å². The van der Waals surface area contributed by atoms with E-state index in [-0.39, 0.29) is 38.8 Å². The second-order valence-corrected chi connectivity index (χ2v) is 10.1. The van der Waals surface area contributed by atoms with Gasteiger partial charge < -0.3 is 23.7 Å². The summed E-state index contributed by atoms with van der Waals surface area (Å²) < 4.78 is 35.7. The first-order chi connectivity index (χ1) is 17.4. The summed E-state index contributed by atoms with van der Waals surface area (Å²) in [5, 5.41) is 2.83. The molecule has 0 radical (unpaired) electrons. The van der Waals surface area contributed by atoms with Crippen LogP contribution in [0.15, 0.2) is 52.7 Å². The smallest absolute Gasteiger partial charge is 0.813 e. The van der Waals surface area contributed by atoms with Gasteiger partial charge in [0.1, 0.15) is 5.82 Å². The van der Waals surface area contributed by atoms with E-state index >= 15 is 0 Å². The molecular weight excluding hydrogens is 689 g/mol. The van der Waals surface area contributed by atoms with Crippen molar-refractivity contribution in [3.05, 3.63) is 66.4 Å². The first-order valence-corrected chi connectivity index (χ1v) is 13.1. The molecule has 1 fully saturated rings. The number of nitrogens with zero attached hydrogens (tertiary/aromatic N) is 3. The van der Waals surface area contributed by atoms with E-state index in [0.29, 0.717) is 36.5 Å². The number of alkyl halides is 2. The van der Waals surface area contributed by atoms with E-state index in [0.717, 1.165) is 12.1 Å². The number of allylic oxidation sites excluding steroid dienone is 1. The van der Waals surface area contributed by atoms with Crippen LogP contribution in [0.3, 0.4) is 0 Å². The number of pyridine rings is 1. The molecular formula is C27H34F2N4O3OsS-2. The van der Waals surface area contributed by atoms with Gasteiger partial charge in [0.15, 0.2) is 0 Å². The Morgan fingerprint density at radius 3 is 2.61 bits per heavy atom. The topological polar surface area (TPSA) is 83.9 Å². The Bertz CT molecular complexity index is 1080. The van der Waals surface area contributed by atoms with Crippen LogP contribution in [0.4, 0.5) is 25.1 Å². The molecule has 1 aromatic heterocycles. The summed E-state index contributed by atoms with van der Waals surface area (Å²) in [6.45, 7) is 9.76. The molecule has 3 rings (SSSR count). The van der Waals surface area contributed by atoms with E-state index < -0.39 is 17.6 Å². The van der Waals surface area contributed by atoms with Crippen molar-refractivity contribution in [1.82, 2.24) is 4.98 Å². The van der Waals surface area contributed by atoms with Gasteiger partial charge in [-0.05, 0) is 31.4 Å². The average Bonchev–Trinajstić information content (AvgIpc) is 3.02. The zero-order valence-corrected chi connectivity index (χ0v) is 25.3. The number of halogens is 2. The van der Waals surface area contributed by atoms with Crippen LogP contribution < -0.4 is 10.2 Å². The molecule has 0 spiro atoms. The summed E-state index contributed by atoms with van der Waals surface area (Å²) in [5.74, 6) is -2.51. The number of nitrogens with one attached hydrogen (secondary N) is 1. The molecule has 210 valence electrons. The number of carbonyl (C=O) groups excluding carboxylic acids is 2. The van der Waals surface area contributed by atoms with Crippen LogP contribution >= 0.6 is 0 Å². The van der Waals surface area contributed by atoms with E-state index in [1.54, 1.807) is 57.2 Å². The number of rotatable bonds is 6. The Kier molecular flexibility index (Phi) is 13.9. The summed E-state index contributed by atoms with van der Waals surface area (Å²) in [7, 11) is 0. The Labute approximate surface area is 240 Å². The predicted octanol–water partition coefficient (Wildman–Crippen LogP) is 6.26. The third kappa shape index (κ3) is 11.9. The molecule has 1 N–H and O–H groups in total. The van der Waals surface area contributed by atoms with E-state index in [9.17, 15) is 18.4 Å². The summed E-state index contributed by atoms with van der Waals surface area (Å²) in [6, 6.07) is 13.4. The molecule has 2 heterocycles. The molecule has 1 aromatic carbocycles. The van der Waals surface area contributed by atoms with Gasteiger partial charge in [0.2, 0.25) is 11.8 Å². The Morgan fingerprint density at radius 1 is 1.29 bits per heavy atom. The van der Waals surface area contributed by atoms with Crippen LogP contribution in [0.25, 0.3) is 0 Å². The number of benzene rings is 1. The van der Waals surface area contributed by atoms with Crippen molar-refractivity contribution in [3.63, 3.8) is 0 Å². The van der Waals surface area contributed by atoms with E-state index in [4.69, 9.17) is 4.74 Å². The van der Waals surface area contributed by atoms with E-state index in [2.05, 4.69) is 26.6 Å². The normalized spacial score (nSPS) is 14.5. The molecule has 0 unspecified atom stereocenters. The molecule has 2 amide bonds. The van der Waals surface area contributed by atoms with Crippen LogP contribution in [0.5, 0.6) is 0 Å². The van der Waals surface area contributed by atoms with Gasteiger partial charge in [0.25, 0.3) is 0 Å². The average molecular weight is 723 g/mol. The van der Waals surface area contributed by atoms with Crippen molar-refractivity contribution in [2.24, 2.45) is 3.65 Å². The van der Waals surface area contributed by atoms with Crippen molar-refractivity contribution in [3.8, 4) is 0 Å². The number of hydrogen-bond acceptors (Lipinski definition) is 6. The molecule has 1 saturated heterocycles. The monoisotopic (exact) mass is 724 g/mol. The molecule has 2 aromatic rings. The minimum absolute atomic E-state index is 0. The largest absolute Gasteiger partial charge is 0.813 e. The fraction of sp³-hybridized carbons (Fsp3) is 0.444. The van der Waals surface area contributed by atoms with Crippen molar-refractivity contribution in [2.75, 3.05) is 23.3 Å². The maximum absolute atomic E-state index is 13.8. The van der Waals surface area contributed by atoms with Crippen molar-refractivity contribution in [1.29, 1.82) is 0 Å². The number of hydrogen-bond donors (Lipinski definition) is 1. The summed E-state index contributed by atoms with van der Waals surface area (Å²) in [4.78, 5) is 29.8. The van der Waals surface area contributed by atoms with Crippen LogP contribution in [-0.4, -0.2) is 41.6 Å². The molecule has 7 nitrogen and oxygen atoms in total. The van der Waals surface area contributed by atoms with Crippen molar-refractivity contribution < 1.29 is 41.5 Å². The maximum Gasteiger partial charge on any atom is -0.813 e. The molecule has 38 heavy (non-hydrogen) atoms. The number of aryl methyl sites for hydroxylation is 1. The van der Waals surface area contributed by atoms with Crippen molar-refractivity contribution in [2.45, 2.75) is 64.4 Å². The minimum atomic E-state index is -2.67. The van der Waals surface area contributed by atoms with Gasteiger partial charge >= 0.3 is 64.1 Å². The third-order valence-electron chi connectivity index (χ3n) is 5.22. The molecule has 0 atom stereocenters. The van der Waals surface area contributed by atoms with Crippen LogP contribution in [0, 0.1) is 6.07 Å². The molecule has 11 heteroatoms. The van der Waals surface area contributed by atoms with Crippen LogP contribution in [0.2, 0.25) is 0 Å². The van der Waals surface area contributed by atoms with Crippen LogP contribution in [0.1, 0.15) is 62.5 Å². The summed E-state index contributed by atoms with van der Waals surface area (Å²) in [5.41, 5.74) is 1.41. The summed E-state index contributed by atoms with van der Waals surface area (Å²) in [6.07, 6.45) is 2.74. The molecule has 1 aliphatic rings. The van der Waals surface area contributed by atoms with Gasteiger partial charge in [-0.2, -0.15) is 24.3 Å². The fourth-order valence-electron chi connectivity index (χ4n) is 3.52. The zero-order valence-electron chi connectivity index (χ0n) is 21.8. The SMILES string of the molecule is C=CCCc1ccc(C(=O)Nc2c[c-]ccc2)c(N2CCCC(F)(F)CC2)n1.CC(C)(C)OC(=O)[N]=[Os].[SH-].